The van der Waals surface area contributed by atoms with Gasteiger partial charge in [-0.1, -0.05) is 18.2 Å². The molecular weight excluding hydrogens is 400 g/mol. The van der Waals surface area contributed by atoms with E-state index >= 15 is 0 Å². The first-order chi connectivity index (χ1) is 15.1. The van der Waals surface area contributed by atoms with Gasteiger partial charge in [0.25, 0.3) is 0 Å². The Balaban J connectivity index is 1.36. The van der Waals surface area contributed by atoms with Crippen LogP contribution >= 0.6 is 0 Å². The molecule has 1 spiro atoms. The number of amides is 2. The summed E-state index contributed by atoms with van der Waals surface area (Å²) in [4.78, 5) is 26.9. The van der Waals surface area contributed by atoms with Crippen LogP contribution < -0.4 is 24.4 Å². The minimum Gasteiger partial charge on any atom is -0.491 e. The third-order valence-corrected chi connectivity index (χ3v) is 6.81. The van der Waals surface area contributed by atoms with Crippen LogP contribution in [0.1, 0.15) is 30.4 Å². The normalized spacial score (nSPS) is 23.5. The number of hydrogen-bond donors (Lipinski definition) is 2. The molecule has 2 aromatic rings. The molecule has 4 aliphatic rings. The van der Waals surface area contributed by atoms with E-state index in [1.54, 1.807) is 11.0 Å². The van der Waals surface area contributed by atoms with Crippen molar-refractivity contribution >= 4 is 17.7 Å². The maximum absolute atomic E-state index is 13.9. The maximum Gasteiger partial charge on any atom is 0.404 e. The molecule has 1 saturated carbocycles. The maximum atomic E-state index is 13.9. The highest BCUT2D eigenvalue weighted by Gasteiger charge is 2.57. The van der Waals surface area contributed by atoms with Crippen molar-refractivity contribution in [1.29, 1.82) is 0 Å². The summed E-state index contributed by atoms with van der Waals surface area (Å²) in [5, 5.41) is 11.8. The summed E-state index contributed by atoms with van der Waals surface area (Å²) < 4.78 is 17.0. The molecule has 3 aliphatic heterocycles. The molecule has 8 nitrogen and oxygen atoms in total. The van der Waals surface area contributed by atoms with Crippen molar-refractivity contribution in [3.63, 3.8) is 0 Å². The van der Waals surface area contributed by atoms with Gasteiger partial charge >= 0.3 is 6.09 Å². The number of benzene rings is 2. The second-order valence-corrected chi connectivity index (χ2v) is 8.55. The van der Waals surface area contributed by atoms with Crippen LogP contribution in [0.2, 0.25) is 0 Å². The van der Waals surface area contributed by atoms with Gasteiger partial charge in [0.1, 0.15) is 17.8 Å². The molecule has 8 heteroatoms. The Labute approximate surface area is 178 Å². The number of anilines is 1. The van der Waals surface area contributed by atoms with Gasteiger partial charge in [0.05, 0.1) is 0 Å². The summed E-state index contributed by atoms with van der Waals surface area (Å²) in [7, 11) is 0. The van der Waals surface area contributed by atoms with Crippen LogP contribution in [-0.2, 0) is 10.2 Å². The molecule has 2 N–H and O–H groups in total. The molecule has 0 aromatic heterocycles. The predicted molar refractivity (Wildman–Crippen MR) is 110 cm³/mol. The number of para-hydroxylation sites is 1. The Hall–Kier alpha value is -3.42. The van der Waals surface area contributed by atoms with Crippen molar-refractivity contribution in [1.82, 2.24) is 5.32 Å². The lowest BCUT2D eigenvalue weighted by atomic mass is 9.77. The first kappa shape index (κ1) is 18.4. The van der Waals surface area contributed by atoms with E-state index in [0.29, 0.717) is 36.1 Å². The average Bonchev–Trinajstić information content (AvgIpc) is 3.32. The number of nitrogens with zero attached hydrogens (tertiary/aromatic N) is 1. The fourth-order valence-corrected chi connectivity index (χ4v) is 5.14. The van der Waals surface area contributed by atoms with Gasteiger partial charge in [-0.05, 0) is 42.9 Å². The van der Waals surface area contributed by atoms with Crippen molar-refractivity contribution in [2.75, 3.05) is 24.8 Å². The topological polar surface area (TPSA) is 97.3 Å². The van der Waals surface area contributed by atoms with E-state index in [9.17, 15) is 14.7 Å². The highest BCUT2D eigenvalue weighted by atomic mass is 16.7. The zero-order valence-electron chi connectivity index (χ0n) is 16.8. The fraction of sp³-hybridized carbons (Fsp3) is 0.391. The summed E-state index contributed by atoms with van der Waals surface area (Å²) in [5.41, 5.74) is 1.62. The average molecular weight is 422 g/mol. The van der Waals surface area contributed by atoms with Crippen LogP contribution in [0.5, 0.6) is 17.2 Å². The Bertz CT molecular complexity index is 1100. The third-order valence-electron chi connectivity index (χ3n) is 6.81. The molecule has 1 aliphatic carbocycles. The summed E-state index contributed by atoms with van der Waals surface area (Å²) in [5.74, 6) is 2.19. The Morgan fingerprint density at radius 1 is 1.13 bits per heavy atom. The summed E-state index contributed by atoms with van der Waals surface area (Å²) in [6.45, 7) is 0.816. The smallest absolute Gasteiger partial charge is 0.404 e. The summed E-state index contributed by atoms with van der Waals surface area (Å²) in [6, 6.07) is 11.3. The molecule has 2 unspecified atom stereocenters. The number of fused-ring (bicyclic) bond motifs is 5. The monoisotopic (exact) mass is 422 g/mol. The van der Waals surface area contributed by atoms with Gasteiger partial charge < -0.3 is 29.5 Å². The second kappa shape index (κ2) is 6.54. The van der Waals surface area contributed by atoms with E-state index in [1.807, 2.05) is 30.3 Å². The molecule has 0 radical (unpaired) electrons. The number of hydrogen-bond acceptors (Lipinski definition) is 5. The standard InChI is InChI=1S/C23H22N2O6/c26-21-23(11-29-18-10-20-19(9-15(18)23)30-12-31-20)14-3-1-2-4-17(14)25(21)8-7-16(13-5-6-13)24-22(27)28/h1-4,9-10,13,16,24H,5-8,11-12H2,(H,27,28). The number of carbonyl (C=O) groups is 2. The molecule has 6 rings (SSSR count). The first-order valence-corrected chi connectivity index (χ1v) is 10.6. The van der Waals surface area contributed by atoms with Crippen LogP contribution in [0, 0.1) is 5.92 Å². The van der Waals surface area contributed by atoms with Crippen molar-refractivity contribution in [2.24, 2.45) is 5.92 Å². The van der Waals surface area contributed by atoms with Gasteiger partial charge in [-0.2, -0.15) is 0 Å². The van der Waals surface area contributed by atoms with Crippen LogP contribution in [0.3, 0.4) is 0 Å². The molecule has 2 amide bonds. The lowest BCUT2D eigenvalue weighted by Crippen LogP contribution is -2.44. The molecule has 0 bridgehead atoms. The Kier molecular flexibility index (Phi) is 3.87. The second-order valence-electron chi connectivity index (χ2n) is 8.55. The van der Waals surface area contributed by atoms with Gasteiger partial charge in [0.2, 0.25) is 12.7 Å². The third kappa shape index (κ3) is 2.67. The summed E-state index contributed by atoms with van der Waals surface area (Å²) in [6.07, 6.45) is 1.60. The molecule has 1 fully saturated rings. The Morgan fingerprint density at radius 3 is 2.68 bits per heavy atom. The van der Waals surface area contributed by atoms with Crippen LogP contribution in [0.15, 0.2) is 36.4 Å². The van der Waals surface area contributed by atoms with Crippen LogP contribution in [-0.4, -0.2) is 43.1 Å². The fourth-order valence-electron chi connectivity index (χ4n) is 5.14. The van der Waals surface area contributed by atoms with Crippen molar-refractivity contribution in [3.8, 4) is 17.2 Å². The van der Waals surface area contributed by atoms with E-state index < -0.39 is 11.5 Å². The van der Waals surface area contributed by atoms with Gasteiger partial charge in [0, 0.05) is 29.9 Å². The number of nitrogens with one attached hydrogen (secondary N) is 1. The van der Waals surface area contributed by atoms with Crippen LogP contribution in [0.25, 0.3) is 0 Å². The van der Waals surface area contributed by atoms with Gasteiger partial charge in [-0.15, -0.1) is 0 Å². The highest BCUT2D eigenvalue weighted by Crippen LogP contribution is 2.55. The van der Waals surface area contributed by atoms with E-state index in [-0.39, 0.29) is 25.3 Å². The number of carboxylic acid groups (broad SMARTS) is 1. The zero-order chi connectivity index (χ0) is 21.2. The number of ether oxygens (including phenoxy) is 3. The van der Waals surface area contributed by atoms with Gasteiger partial charge in [-0.3, -0.25) is 4.79 Å². The lowest BCUT2D eigenvalue weighted by Gasteiger charge is -2.25. The van der Waals surface area contributed by atoms with E-state index in [0.717, 1.165) is 29.7 Å². The van der Waals surface area contributed by atoms with E-state index in [4.69, 9.17) is 14.2 Å². The largest absolute Gasteiger partial charge is 0.491 e. The molecule has 0 saturated heterocycles. The summed E-state index contributed by atoms with van der Waals surface area (Å²) >= 11 is 0. The number of rotatable bonds is 5. The first-order valence-electron chi connectivity index (χ1n) is 10.6. The van der Waals surface area contributed by atoms with Crippen molar-refractivity contribution in [2.45, 2.75) is 30.7 Å². The predicted octanol–water partition coefficient (Wildman–Crippen LogP) is 2.88. The van der Waals surface area contributed by atoms with Crippen molar-refractivity contribution < 1.29 is 28.9 Å². The molecule has 31 heavy (non-hydrogen) atoms. The van der Waals surface area contributed by atoms with Gasteiger partial charge in [-0.25, -0.2) is 4.79 Å². The highest BCUT2D eigenvalue weighted by molar-refractivity contribution is 6.11. The van der Waals surface area contributed by atoms with E-state index in [2.05, 4.69) is 5.32 Å². The molecule has 2 aromatic carbocycles. The van der Waals surface area contributed by atoms with Crippen molar-refractivity contribution in [3.05, 3.63) is 47.5 Å². The van der Waals surface area contributed by atoms with Crippen LogP contribution in [0.4, 0.5) is 10.5 Å². The zero-order valence-corrected chi connectivity index (χ0v) is 16.8. The minimum atomic E-state index is -1.02. The SMILES string of the molecule is O=C(O)NC(CCN1C(=O)C2(COc3cc4c(cc32)OCO4)c2ccccc21)C1CC1. The molecular formula is C23H22N2O6. The van der Waals surface area contributed by atoms with E-state index in [1.165, 1.54) is 0 Å². The van der Waals surface area contributed by atoms with Gasteiger partial charge in [0.15, 0.2) is 11.5 Å². The Morgan fingerprint density at radius 2 is 1.90 bits per heavy atom. The number of carbonyl (C=O) groups excluding carboxylic acids is 1. The molecule has 3 heterocycles. The quantitative estimate of drug-likeness (QED) is 0.769. The lowest BCUT2D eigenvalue weighted by molar-refractivity contribution is -0.122. The minimum absolute atomic E-state index is 0.0452. The molecule has 2 atom stereocenters. The molecule has 160 valence electrons.